The smallest absolute Gasteiger partial charge is 0.416 e. The second kappa shape index (κ2) is 21.1. The number of hydrogen-bond donors (Lipinski definition) is 2. The van der Waals surface area contributed by atoms with Gasteiger partial charge in [-0.3, -0.25) is 9.80 Å². The second-order valence-corrected chi connectivity index (χ2v) is 19.4. The normalized spacial score (nSPS) is 12.0. The van der Waals surface area contributed by atoms with Crippen molar-refractivity contribution in [1.82, 2.24) is 29.2 Å². The van der Waals surface area contributed by atoms with Crippen LogP contribution < -0.4 is 20.4 Å². The summed E-state index contributed by atoms with van der Waals surface area (Å²) in [6.07, 6.45) is 6.09. The van der Waals surface area contributed by atoms with Gasteiger partial charge in [0.05, 0.1) is 31.6 Å². The molecule has 0 aliphatic carbocycles. The molecule has 15 nitrogen and oxygen atoms in total. The van der Waals surface area contributed by atoms with E-state index in [1.165, 1.54) is 0 Å². The molecule has 0 bridgehead atoms. The molecule has 4 heterocycles. The van der Waals surface area contributed by atoms with Crippen molar-refractivity contribution in [3.63, 3.8) is 0 Å². The number of anilines is 4. The lowest BCUT2D eigenvalue weighted by molar-refractivity contribution is 0.0437. The van der Waals surface area contributed by atoms with E-state index in [4.69, 9.17) is 34.9 Å². The summed E-state index contributed by atoms with van der Waals surface area (Å²) in [4.78, 5) is 42.0. The highest BCUT2D eigenvalue weighted by atomic mass is 16.6. The molecular formula is C51H67N11O4. The van der Waals surface area contributed by atoms with Crippen LogP contribution in [0.15, 0.2) is 79.1 Å². The molecule has 350 valence electrons. The van der Waals surface area contributed by atoms with Crippen LogP contribution in [-0.4, -0.2) is 65.2 Å². The zero-order valence-electron chi connectivity index (χ0n) is 40.6. The van der Waals surface area contributed by atoms with Crippen LogP contribution in [0.2, 0.25) is 0 Å². The Bertz CT molecular complexity index is 2640. The van der Waals surface area contributed by atoms with Gasteiger partial charge < -0.3 is 20.1 Å². The lowest BCUT2D eigenvalue weighted by atomic mass is 9.97. The van der Waals surface area contributed by atoms with Gasteiger partial charge >= 0.3 is 12.2 Å². The minimum atomic E-state index is -0.976. The molecule has 0 saturated heterocycles. The summed E-state index contributed by atoms with van der Waals surface area (Å²) >= 11 is 0. The van der Waals surface area contributed by atoms with Crippen LogP contribution in [0.3, 0.4) is 0 Å². The molecule has 0 aliphatic heterocycles. The third-order valence-electron chi connectivity index (χ3n) is 10.8. The van der Waals surface area contributed by atoms with E-state index in [0.29, 0.717) is 54.0 Å². The number of amides is 2. The fourth-order valence-electron chi connectivity index (χ4n) is 7.71. The maximum absolute atomic E-state index is 14.7. The number of nitrogens with zero attached hydrogens (tertiary/aromatic N) is 9. The predicted molar refractivity (Wildman–Crippen MR) is 261 cm³/mol. The molecule has 0 spiro atoms. The van der Waals surface area contributed by atoms with E-state index in [1.54, 1.807) is 25.0 Å². The lowest BCUT2D eigenvalue weighted by Crippen LogP contribution is -2.40. The molecule has 0 radical (unpaired) electrons. The first-order valence-corrected chi connectivity index (χ1v) is 23.1. The second-order valence-electron chi connectivity index (χ2n) is 19.4. The van der Waals surface area contributed by atoms with Crippen molar-refractivity contribution >= 4 is 46.8 Å². The van der Waals surface area contributed by atoms with Gasteiger partial charge in [-0.05, 0) is 89.8 Å². The summed E-state index contributed by atoms with van der Waals surface area (Å²) in [5.74, 6) is 2.56. The Balaban J connectivity index is 1.31. The number of nitriles is 1. The minimum Gasteiger partial charge on any atom is -0.443 e. The molecule has 0 saturated carbocycles. The van der Waals surface area contributed by atoms with Gasteiger partial charge in [-0.15, -0.1) is 0 Å². The van der Waals surface area contributed by atoms with Gasteiger partial charge in [0, 0.05) is 48.7 Å². The van der Waals surface area contributed by atoms with E-state index >= 15 is 0 Å². The number of unbranched alkanes of at least 4 members (excludes halogenated alkanes) is 3. The summed E-state index contributed by atoms with van der Waals surface area (Å²) in [7, 11) is 0. The number of fused-ring (bicyclic) bond motifs is 2. The molecule has 66 heavy (non-hydrogen) atoms. The van der Waals surface area contributed by atoms with Gasteiger partial charge in [-0.1, -0.05) is 88.7 Å². The Hall–Kier alpha value is -6.69. The number of carbonyl (C=O) groups is 2. The van der Waals surface area contributed by atoms with Gasteiger partial charge in [-0.2, -0.15) is 24.5 Å². The van der Waals surface area contributed by atoms with Crippen LogP contribution in [0, 0.1) is 11.3 Å². The average Bonchev–Trinajstić information content (AvgIpc) is 3.87. The summed E-state index contributed by atoms with van der Waals surface area (Å²) in [6, 6.07) is 23.7. The number of rotatable bonds is 19. The van der Waals surface area contributed by atoms with E-state index < -0.39 is 23.4 Å². The summed E-state index contributed by atoms with van der Waals surface area (Å²) in [5, 5.41) is 25.3. The van der Waals surface area contributed by atoms with E-state index in [1.807, 2.05) is 121 Å². The molecular weight excluding hydrogens is 831 g/mol. The topological polar surface area (TPSA) is 167 Å². The average molecular weight is 898 g/mol. The van der Waals surface area contributed by atoms with E-state index in [2.05, 4.69) is 44.4 Å². The van der Waals surface area contributed by atoms with E-state index in [0.717, 1.165) is 47.1 Å². The summed E-state index contributed by atoms with van der Waals surface area (Å²) < 4.78 is 15.9. The van der Waals surface area contributed by atoms with Crippen molar-refractivity contribution in [2.75, 3.05) is 27.0 Å². The Morgan fingerprint density at radius 1 is 0.697 bits per heavy atom. The molecule has 0 atom stereocenters. The molecule has 6 rings (SSSR count). The minimum absolute atomic E-state index is 0.0954. The maximum atomic E-state index is 14.7. The Morgan fingerprint density at radius 3 is 1.82 bits per heavy atom. The highest BCUT2D eigenvalue weighted by Crippen LogP contribution is 2.32. The first-order valence-electron chi connectivity index (χ1n) is 23.1. The fraction of sp³-hybridized carbons (Fsp3) is 0.471. The Labute approximate surface area is 389 Å². The van der Waals surface area contributed by atoms with E-state index in [9.17, 15) is 9.59 Å². The van der Waals surface area contributed by atoms with Crippen LogP contribution in [0.25, 0.3) is 11.3 Å². The molecule has 2 amide bonds. The van der Waals surface area contributed by atoms with Crippen LogP contribution in [0.5, 0.6) is 0 Å². The zero-order valence-corrected chi connectivity index (χ0v) is 40.6. The Kier molecular flexibility index (Phi) is 15.6. The van der Waals surface area contributed by atoms with Gasteiger partial charge in [0.1, 0.15) is 34.5 Å². The first-order chi connectivity index (χ1) is 31.3. The van der Waals surface area contributed by atoms with Gasteiger partial charge in [0.25, 0.3) is 0 Å². The highest BCUT2D eigenvalue weighted by Gasteiger charge is 2.32. The molecule has 0 unspecified atom stereocenters. The van der Waals surface area contributed by atoms with Crippen LogP contribution in [0.4, 0.5) is 32.9 Å². The Morgan fingerprint density at radius 2 is 1.24 bits per heavy atom. The van der Waals surface area contributed by atoms with Crippen LogP contribution >= 0.6 is 0 Å². The number of aromatic nitrogens is 6. The van der Waals surface area contributed by atoms with Gasteiger partial charge in [0.15, 0.2) is 11.3 Å². The monoisotopic (exact) mass is 898 g/mol. The van der Waals surface area contributed by atoms with Crippen molar-refractivity contribution in [2.45, 2.75) is 150 Å². The van der Waals surface area contributed by atoms with E-state index in [-0.39, 0.29) is 31.0 Å². The highest BCUT2D eigenvalue weighted by molar-refractivity contribution is 5.89. The number of nitrogens with one attached hydrogen (secondary N) is 2. The molecule has 6 aromatic rings. The van der Waals surface area contributed by atoms with Gasteiger partial charge in [0.2, 0.25) is 0 Å². The molecule has 2 aromatic carbocycles. The van der Waals surface area contributed by atoms with Crippen LogP contribution in [0.1, 0.15) is 141 Å². The largest absolute Gasteiger partial charge is 0.443 e. The van der Waals surface area contributed by atoms with Gasteiger partial charge in [-0.25, -0.2) is 19.6 Å². The summed E-state index contributed by atoms with van der Waals surface area (Å²) in [5.41, 5.74) is 4.17. The molecule has 15 heteroatoms. The molecule has 2 N–H and O–H groups in total. The zero-order chi connectivity index (χ0) is 47.8. The third-order valence-corrected chi connectivity index (χ3v) is 10.8. The van der Waals surface area contributed by atoms with Crippen molar-refractivity contribution in [3.05, 3.63) is 107 Å². The maximum Gasteiger partial charge on any atom is 0.416 e. The lowest BCUT2D eigenvalue weighted by Gasteiger charge is -2.31. The molecule has 0 aliphatic rings. The number of benzene rings is 2. The quantitative estimate of drug-likeness (QED) is 0.0743. The first kappa shape index (κ1) is 48.8. The SMILES string of the molecule is CC(C)Nc1cc(N(Cc2cccc(CC(C)(C)OC(=O)N(Cc3ccccc3)c3cc(NCCCCCC#N)nc4c(C(C)C)cnn34)c2)C(=O)OC(C)(C)C)n2ncc(C(C)C)c2n1. The van der Waals surface area contributed by atoms with Crippen molar-refractivity contribution < 1.29 is 19.1 Å². The van der Waals surface area contributed by atoms with Crippen molar-refractivity contribution in [2.24, 2.45) is 0 Å². The van der Waals surface area contributed by atoms with Crippen molar-refractivity contribution in [3.8, 4) is 6.07 Å². The number of ether oxygens (including phenoxy) is 2. The third kappa shape index (κ3) is 12.6. The number of hydrogen-bond acceptors (Lipinski definition) is 11. The molecule has 0 fully saturated rings. The van der Waals surface area contributed by atoms with Crippen molar-refractivity contribution in [1.29, 1.82) is 5.26 Å². The number of carbonyl (C=O) groups excluding carboxylic acids is 2. The van der Waals surface area contributed by atoms with Crippen LogP contribution in [-0.2, 0) is 29.0 Å². The molecule has 4 aromatic heterocycles. The fourth-order valence-corrected chi connectivity index (χ4v) is 7.71. The summed E-state index contributed by atoms with van der Waals surface area (Å²) in [6.45, 7) is 22.9. The standard InChI is InChI=1S/C51H67N11O4/c1-34(2)40-30-54-61-44(27-42(57-46(40)61)53-25-18-13-12-17-24-52)59(32-37-20-15-14-16-21-37)49(64)66-51(10,11)29-38-22-19-23-39(26-38)33-60(48(63)65-50(7,8)9)45-28-43(56-36(5)6)58-47-41(35(3)4)31-55-62(45)47/h14-16,19-23,26-28,30-31,34-36H,12-13,17-18,25,29,32-33H2,1-11H3,(H,53,57)(H,56,58). The predicted octanol–water partition coefficient (Wildman–Crippen LogP) is 11.4.